The normalized spacial score (nSPS) is 12.0. The minimum Gasteiger partial charge on any atom is -0.345 e. The van der Waals surface area contributed by atoms with E-state index in [0.29, 0.717) is 0 Å². The molecule has 0 spiro atoms. The van der Waals surface area contributed by atoms with Crippen LogP contribution in [0.2, 0.25) is 0 Å². The summed E-state index contributed by atoms with van der Waals surface area (Å²) in [5.74, 6) is -0.900. The van der Waals surface area contributed by atoms with Gasteiger partial charge >= 0.3 is 0 Å². The number of aryl methyl sites for hydroxylation is 1. The van der Waals surface area contributed by atoms with Crippen molar-refractivity contribution in [1.29, 1.82) is 0 Å². The number of amides is 1. The van der Waals surface area contributed by atoms with E-state index in [1.807, 2.05) is 31.2 Å². The maximum atomic E-state index is 13.7. The van der Waals surface area contributed by atoms with Crippen LogP contribution in [-0.2, 0) is 0 Å². The van der Waals surface area contributed by atoms with Gasteiger partial charge in [0.2, 0.25) is 0 Å². The molecule has 0 aromatic heterocycles. The summed E-state index contributed by atoms with van der Waals surface area (Å²) < 4.78 is 14.7. The molecule has 0 radical (unpaired) electrons. The van der Waals surface area contributed by atoms with E-state index in [9.17, 15) is 9.18 Å². The van der Waals surface area contributed by atoms with E-state index in [1.54, 1.807) is 13.0 Å². The van der Waals surface area contributed by atoms with Crippen LogP contribution in [0.1, 0.15) is 34.5 Å². The summed E-state index contributed by atoms with van der Waals surface area (Å²) in [5, 5.41) is 2.80. The first kappa shape index (κ1) is 14.7. The lowest BCUT2D eigenvalue weighted by Gasteiger charge is -2.15. The number of carbonyl (C=O) groups is 1. The van der Waals surface area contributed by atoms with Gasteiger partial charge in [0.05, 0.1) is 11.6 Å². The molecule has 2 rings (SSSR count). The fraction of sp³-hybridized carbons (Fsp3) is 0.188. The van der Waals surface area contributed by atoms with E-state index < -0.39 is 11.7 Å². The van der Waals surface area contributed by atoms with Gasteiger partial charge in [-0.05, 0) is 49.2 Å². The summed E-state index contributed by atoms with van der Waals surface area (Å²) in [4.78, 5) is 12.1. The molecule has 0 bridgehead atoms. The van der Waals surface area contributed by atoms with Crippen molar-refractivity contribution in [2.75, 3.05) is 0 Å². The molecule has 0 aliphatic rings. The lowest BCUT2D eigenvalue weighted by Crippen LogP contribution is -2.27. The monoisotopic (exact) mass is 335 g/mol. The van der Waals surface area contributed by atoms with Crippen LogP contribution in [0.25, 0.3) is 0 Å². The van der Waals surface area contributed by atoms with E-state index in [-0.39, 0.29) is 11.6 Å². The zero-order chi connectivity index (χ0) is 14.7. The van der Waals surface area contributed by atoms with Gasteiger partial charge in [-0.1, -0.05) is 34.1 Å². The van der Waals surface area contributed by atoms with Gasteiger partial charge in [0.25, 0.3) is 5.91 Å². The van der Waals surface area contributed by atoms with Crippen LogP contribution >= 0.6 is 15.9 Å². The Kier molecular flexibility index (Phi) is 4.55. The standard InChI is InChI=1S/C16H15BrFNO/c1-10-3-8-14(15(18)9-10)16(20)19-11(2)12-4-6-13(17)7-5-12/h3-9,11H,1-2H3,(H,19,20)/t11-/m1/s1. The Morgan fingerprint density at radius 1 is 1.20 bits per heavy atom. The summed E-state index contributed by atoms with van der Waals surface area (Å²) in [7, 11) is 0. The molecule has 1 atom stereocenters. The Balaban J connectivity index is 2.13. The molecule has 1 N–H and O–H groups in total. The second-order valence-corrected chi connectivity index (χ2v) is 5.65. The van der Waals surface area contributed by atoms with Crippen molar-refractivity contribution in [3.63, 3.8) is 0 Å². The molecule has 2 aromatic carbocycles. The minimum atomic E-state index is -0.495. The average Bonchev–Trinajstić information content (AvgIpc) is 2.39. The number of rotatable bonds is 3. The number of hydrogen-bond acceptors (Lipinski definition) is 1. The fourth-order valence-electron chi connectivity index (χ4n) is 1.91. The second kappa shape index (κ2) is 6.18. The minimum absolute atomic E-state index is 0.0690. The number of nitrogens with one attached hydrogen (secondary N) is 1. The van der Waals surface area contributed by atoms with E-state index in [2.05, 4.69) is 21.2 Å². The predicted octanol–water partition coefficient (Wildman–Crippen LogP) is 4.39. The molecule has 0 saturated heterocycles. The Labute approximate surface area is 126 Å². The number of benzene rings is 2. The molecular weight excluding hydrogens is 321 g/mol. The third kappa shape index (κ3) is 3.45. The van der Waals surface area contributed by atoms with Crippen LogP contribution in [0.3, 0.4) is 0 Å². The van der Waals surface area contributed by atoms with Crippen molar-refractivity contribution in [2.45, 2.75) is 19.9 Å². The lowest BCUT2D eigenvalue weighted by molar-refractivity contribution is 0.0936. The highest BCUT2D eigenvalue weighted by atomic mass is 79.9. The Hall–Kier alpha value is -1.68. The molecule has 0 unspecified atom stereocenters. The van der Waals surface area contributed by atoms with Crippen molar-refractivity contribution in [2.24, 2.45) is 0 Å². The van der Waals surface area contributed by atoms with Crippen molar-refractivity contribution in [1.82, 2.24) is 5.32 Å². The fourth-order valence-corrected chi connectivity index (χ4v) is 2.18. The SMILES string of the molecule is Cc1ccc(C(=O)N[C@H](C)c2ccc(Br)cc2)c(F)c1. The molecule has 2 aromatic rings. The highest BCUT2D eigenvalue weighted by Gasteiger charge is 2.15. The van der Waals surface area contributed by atoms with Gasteiger partial charge in [-0.3, -0.25) is 4.79 Å². The molecule has 0 aliphatic carbocycles. The first-order valence-corrected chi connectivity index (χ1v) is 7.09. The van der Waals surface area contributed by atoms with Gasteiger partial charge in [-0.15, -0.1) is 0 Å². The van der Waals surface area contributed by atoms with E-state index >= 15 is 0 Å². The van der Waals surface area contributed by atoms with Gasteiger partial charge in [-0.2, -0.15) is 0 Å². The quantitative estimate of drug-likeness (QED) is 0.885. The average molecular weight is 336 g/mol. The van der Waals surface area contributed by atoms with Crippen molar-refractivity contribution < 1.29 is 9.18 Å². The number of carbonyl (C=O) groups excluding carboxylic acids is 1. The molecule has 2 nitrogen and oxygen atoms in total. The third-order valence-electron chi connectivity index (χ3n) is 3.09. The second-order valence-electron chi connectivity index (χ2n) is 4.73. The number of hydrogen-bond donors (Lipinski definition) is 1. The van der Waals surface area contributed by atoms with Crippen LogP contribution in [0.4, 0.5) is 4.39 Å². The zero-order valence-electron chi connectivity index (χ0n) is 11.3. The molecule has 104 valence electrons. The van der Waals surface area contributed by atoms with Crippen LogP contribution in [0, 0.1) is 12.7 Å². The summed E-state index contributed by atoms with van der Waals surface area (Å²) in [5.41, 5.74) is 1.83. The van der Waals surface area contributed by atoms with Crippen molar-refractivity contribution >= 4 is 21.8 Å². The van der Waals surface area contributed by atoms with Gasteiger partial charge in [0.15, 0.2) is 0 Å². The molecule has 1 amide bonds. The van der Waals surface area contributed by atoms with E-state index in [4.69, 9.17) is 0 Å². The van der Waals surface area contributed by atoms with Crippen molar-refractivity contribution in [3.05, 3.63) is 69.4 Å². The molecule has 0 fully saturated rings. The Morgan fingerprint density at radius 2 is 1.85 bits per heavy atom. The van der Waals surface area contributed by atoms with Crippen LogP contribution < -0.4 is 5.32 Å². The maximum absolute atomic E-state index is 13.7. The highest BCUT2D eigenvalue weighted by molar-refractivity contribution is 9.10. The van der Waals surface area contributed by atoms with E-state index in [0.717, 1.165) is 15.6 Å². The molecular formula is C16H15BrFNO. The smallest absolute Gasteiger partial charge is 0.254 e. The molecule has 4 heteroatoms. The third-order valence-corrected chi connectivity index (χ3v) is 3.62. The Bertz CT molecular complexity index is 625. The lowest BCUT2D eigenvalue weighted by atomic mass is 10.1. The van der Waals surface area contributed by atoms with Gasteiger partial charge in [-0.25, -0.2) is 4.39 Å². The first-order chi connectivity index (χ1) is 9.47. The van der Waals surface area contributed by atoms with Gasteiger partial charge in [0.1, 0.15) is 5.82 Å². The van der Waals surface area contributed by atoms with E-state index in [1.165, 1.54) is 12.1 Å². The van der Waals surface area contributed by atoms with Crippen LogP contribution in [0.5, 0.6) is 0 Å². The Morgan fingerprint density at radius 3 is 2.45 bits per heavy atom. The van der Waals surface area contributed by atoms with Gasteiger partial charge in [0, 0.05) is 4.47 Å². The zero-order valence-corrected chi connectivity index (χ0v) is 12.9. The number of halogens is 2. The topological polar surface area (TPSA) is 29.1 Å². The van der Waals surface area contributed by atoms with Gasteiger partial charge < -0.3 is 5.32 Å². The summed E-state index contributed by atoms with van der Waals surface area (Å²) in [6, 6.07) is 12.1. The van der Waals surface area contributed by atoms with Crippen LogP contribution in [0.15, 0.2) is 46.9 Å². The maximum Gasteiger partial charge on any atom is 0.254 e. The first-order valence-electron chi connectivity index (χ1n) is 6.30. The summed E-state index contributed by atoms with van der Waals surface area (Å²) in [6.07, 6.45) is 0. The molecule has 0 heterocycles. The highest BCUT2D eigenvalue weighted by Crippen LogP contribution is 2.17. The van der Waals surface area contributed by atoms with Crippen LogP contribution in [-0.4, -0.2) is 5.91 Å². The summed E-state index contributed by atoms with van der Waals surface area (Å²) >= 11 is 3.36. The van der Waals surface area contributed by atoms with Crippen molar-refractivity contribution in [3.8, 4) is 0 Å². The molecule has 0 saturated carbocycles. The largest absolute Gasteiger partial charge is 0.345 e. The molecule has 0 aliphatic heterocycles. The molecule has 20 heavy (non-hydrogen) atoms. The predicted molar refractivity (Wildman–Crippen MR) is 81.2 cm³/mol. The summed E-state index contributed by atoms with van der Waals surface area (Å²) in [6.45, 7) is 3.66.